The molecule has 0 saturated carbocycles. The summed E-state index contributed by atoms with van der Waals surface area (Å²) in [6.45, 7) is 13.1. The van der Waals surface area contributed by atoms with Gasteiger partial charge in [0.1, 0.15) is 11.6 Å². The van der Waals surface area contributed by atoms with Crippen LogP contribution in [0, 0.1) is 11.6 Å². The lowest BCUT2D eigenvalue weighted by Crippen LogP contribution is -2.53. The maximum absolute atomic E-state index is 14.2. The quantitative estimate of drug-likeness (QED) is 0.776. The third kappa shape index (κ3) is 4.24. The van der Waals surface area contributed by atoms with Crippen LogP contribution in [0.25, 0.3) is 0 Å². The van der Waals surface area contributed by atoms with E-state index in [2.05, 4.69) is 44.8 Å². The minimum absolute atomic E-state index is 0.182. The SMILES string of the molecule is CCCNC(c1ccc(F)cc1F)C(C)(C)N(CC)CC. The van der Waals surface area contributed by atoms with Gasteiger partial charge in [-0.2, -0.15) is 0 Å². The summed E-state index contributed by atoms with van der Waals surface area (Å²) in [7, 11) is 0. The Hall–Kier alpha value is -1.00. The summed E-state index contributed by atoms with van der Waals surface area (Å²) in [5.74, 6) is -1.02. The number of hydrogen-bond acceptors (Lipinski definition) is 2. The van der Waals surface area contributed by atoms with E-state index in [0.717, 1.165) is 32.1 Å². The van der Waals surface area contributed by atoms with Crippen molar-refractivity contribution in [2.24, 2.45) is 0 Å². The van der Waals surface area contributed by atoms with Crippen LogP contribution in [0.5, 0.6) is 0 Å². The molecule has 1 rings (SSSR count). The minimum Gasteiger partial charge on any atom is -0.308 e. The van der Waals surface area contributed by atoms with E-state index in [0.29, 0.717) is 5.56 Å². The van der Waals surface area contributed by atoms with Crippen LogP contribution in [0.4, 0.5) is 8.78 Å². The van der Waals surface area contributed by atoms with Crippen molar-refractivity contribution in [3.8, 4) is 0 Å². The van der Waals surface area contributed by atoms with Crippen LogP contribution in [-0.2, 0) is 0 Å². The zero-order chi connectivity index (χ0) is 16.0. The highest BCUT2D eigenvalue weighted by atomic mass is 19.1. The van der Waals surface area contributed by atoms with Crippen LogP contribution in [0.3, 0.4) is 0 Å². The van der Waals surface area contributed by atoms with Gasteiger partial charge >= 0.3 is 0 Å². The summed E-state index contributed by atoms with van der Waals surface area (Å²) in [6.07, 6.45) is 0.966. The van der Waals surface area contributed by atoms with Gasteiger partial charge in [-0.1, -0.05) is 26.8 Å². The highest BCUT2D eigenvalue weighted by Crippen LogP contribution is 2.32. The average molecular weight is 298 g/mol. The molecule has 0 aliphatic carbocycles. The Bertz CT molecular complexity index is 442. The van der Waals surface area contributed by atoms with Crippen LogP contribution in [0.2, 0.25) is 0 Å². The Morgan fingerprint density at radius 2 is 1.76 bits per heavy atom. The number of rotatable bonds is 8. The number of likely N-dealkylation sites (N-methyl/N-ethyl adjacent to an activating group) is 1. The van der Waals surface area contributed by atoms with Gasteiger partial charge < -0.3 is 5.32 Å². The maximum atomic E-state index is 14.2. The van der Waals surface area contributed by atoms with Crippen LogP contribution in [0.1, 0.15) is 52.6 Å². The van der Waals surface area contributed by atoms with Crippen LogP contribution >= 0.6 is 0 Å². The molecule has 1 N–H and O–H groups in total. The number of halogens is 2. The van der Waals surface area contributed by atoms with E-state index in [1.807, 2.05) is 0 Å². The Balaban J connectivity index is 3.20. The van der Waals surface area contributed by atoms with Gasteiger partial charge in [0, 0.05) is 17.2 Å². The lowest BCUT2D eigenvalue weighted by molar-refractivity contribution is 0.0896. The second kappa shape index (κ2) is 7.85. The zero-order valence-corrected chi connectivity index (χ0v) is 13.8. The Labute approximate surface area is 127 Å². The molecule has 0 aromatic heterocycles. The van der Waals surface area contributed by atoms with Crippen LogP contribution in [-0.4, -0.2) is 30.1 Å². The standard InChI is InChI=1S/C17H28F2N2/c1-6-11-20-16(17(4,5)21(7-2)8-3)14-10-9-13(18)12-15(14)19/h9-10,12,16,20H,6-8,11H2,1-5H3. The van der Waals surface area contributed by atoms with Crippen molar-refractivity contribution in [2.75, 3.05) is 19.6 Å². The number of nitrogens with zero attached hydrogens (tertiary/aromatic N) is 1. The number of hydrogen-bond donors (Lipinski definition) is 1. The fourth-order valence-corrected chi connectivity index (χ4v) is 2.99. The molecule has 0 spiro atoms. The summed E-state index contributed by atoms with van der Waals surface area (Å²) >= 11 is 0. The van der Waals surface area contributed by atoms with Gasteiger partial charge in [-0.25, -0.2) is 8.78 Å². The van der Waals surface area contributed by atoms with Crippen LogP contribution in [0.15, 0.2) is 18.2 Å². The smallest absolute Gasteiger partial charge is 0.130 e. The van der Waals surface area contributed by atoms with Gasteiger partial charge in [0.25, 0.3) is 0 Å². The largest absolute Gasteiger partial charge is 0.308 e. The molecule has 120 valence electrons. The Kier molecular flexibility index (Phi) is 6.75. The molecule has 2 nitrogen and oxygen atoms in total. The Morgan fingerprint density at radius 3 is 2.24 bits per heavy atom. The summed E-state index contributed by atoms with van der Waals surface area (Å²) in [5.41, 5.74) is 0.263. The van der Waals surface area contributed by atoms with E-state index in [9.17, 15) is 8.78 Å². The molecule has 0 radical (unpaired) electrons. The van der Waals surface area contributed by atoms with Crippen molar-refractivity contribution in [1.29, 1.82) is 0 Å². The summed E-state index contributed by atoms with van der Waals surface area (Å²) in [5, 5.41) is 3.43. The summed E-state index contributed by atoms with van der Waals surface area (Å²) in [4.78, 5) is 2.29. The zero-order valence-electron chi connectivity index (χ0n) is 13.8. The molecule has 1 aromatic carbocycles. The molecule has 0 aliphatic rings. The molecule has 0 amide bonds. The highest BCUT2D eigenvalue weighted by Gasteiger charge is 2.36. The summed E-state index contributed by atoms with van der Waals surface area (Å²) < 4.78 is 27.4. The molecule has 1 unspecified atom stereocenters. The molecule has 0 fully saturated rings. The van der Waals surface area contributed by atoms with Gasteiger partial charge in [0.15, 0.2) is 0 Å². The molecule has 21 heavy (non-hydrogen) atoms. The molecular formula is C17H28F2N2. The van der Waals surface area contributed by atoms with E-state index in [4.69, 9.17) is 0 Å². The maximum Gasteiger partial charge on any atom is 0.130 e. The molecule has 0 saturated heterocycles. The molecule has 4 heteroatoms. The molecule has 0 bridgehead atoms. The fraction of sp³-hybridized carbons (Fsp3) is 0.647. The lowest BCUT2D eigenvalue weighted by atomic mass is 9.86. The normalized spacial score (nSPS) is 13.7. The first kappa shape index (κ1) is 18.1. The van der Waals surface area contributed by atoms with E-state index < -0.39 is 11.6 Å². The monoisotopic (exact) mass is 298 g/mol. The van der Waals surface area contributed by atoms with E-state index >= 15 is 0 Å². The van der Waals surface area contributed by atoms with Gasteiger partial charge in [-0.15, -0.1) is 0 Å². The third-order valence-electron chi connectivity index (χ3n) is 4.16. The topological polar surface area (TPSA) is 15.3 Å². The first-order valence-corrected chi connectivity index (χ1v) is 7.81. The van der Waals surface area contributed by atoms with Crippen molar-refractivity contribution in [3.05, 3.63) is 35.4 Å². The number of benzene rings is 1. The van der Waals surface area contributed by atoms with Gasteiger partial charge in [-0.05, 0) is 46.0 Å². The van der Waals surface area contributed by atoms with E-state index in [1.54, 1.807) is 6.07 Å². The predicted octanol–water partition coefficient (Wildman–Crippen LogP) is 4.13. The molecule has 1 atom stereocenters. The van der Waals surface area contributed by atoms with E-state index in [1.165, 1.54) is 6.07 Å². The van der Waals surface area contributed by atoms with Crippen molar-refractivity contribution in [1.82, 2.24) is 10.2 Å². The Morgan fingerprint density at radius 1 is 1.14 bits per heavy atom. The van der Waals surface area contributed by atoms with Gasteiger partial charge in [-0.3, -0.25) is 4.90 Å². The second-order valence-electron chi connectivity index (χ2n) is 5.88. The molecule has 0 aliphatic heterocycles. The molecule has 1 aromatic rings. The minimum atomic E-state index is -0.536. The second-order valence-corrected chi connectivity index (χ2v) is 5.88. The van der Waals surface area contributed by atoms with Crippen molar-refractivity contribution < 1.29 is 8.78 Å². The lowest BCUT2D eigenvalue weighted by Gasteiger charge is -2.44. The average Bonchev–Trinajstić information content (AvgIpc) is 2.42. The first-order chi connectivity index (χ1) is 9.88. The molecular weight excluding hydrogens is 270 g/mol. The van der Waals surface area contributed by atoms with Gasteiger partial charge in [0.05, 0.1) is 6.04 Å². The third-order valence-corrected chi connectivity index (χ3v) is 4.16. The van der Waals surface area contributed by atoms with Crippen molar-refractivity contribution >= 4 is 0 Å². The van der Waals surface area contributed by atoms with Gasteiger partial charge in [0.2, 0.25) is 0 Å². The predicted molar refractivity (Wildman–Crippen MR) is 84.4 cm³/mol. The van der Waals surface area contributed by atoms with Crippen LogP contribution < -0.4 is 5.32 Å². The first-order valence-electron chi connectivity index (χ1n) is 7.81. The highest BCUT2D eigenvalue weighted by molar-refractivity contribution is 5.25. The molecule has 0 heterocycles. The number of nitrogens with one attached hydrogen (secondary N) is 1. The van der Waals surface area contributed by atoms with E-state index in [-0.39, 0.29) is 11.6 Å². The van der Waals surface area contributed by atoms with Crippen molar-refractivity contribution in [3.63, 3.8) is 0 Å². The summed E-state index contributed by atoms with van der Waals surface area (Å²) in [6, 6.07) is 3.67. The van der Waals surface area contributed by atoms with Crippen molar-refractivity contribution in [2.45, 2.75) is 52.6 Å². The fourth-order valence-electron chi connectivity index (χ4n) is 2.99.